The van der Waals surface area contributed by atoms with Crippen LogP contribution in [0.5, 0.6) is 5.75 Å². The van der Waals surface area contributed by atoms with Gasteiger partial charge in [-0.05, 0) is 30.3 Å². The molecule has 0 aliphatic heterocycles. The molecule has 18 heavy (non-hydrogen) atoms. The van der Waals surface area contributed by atoms with Crippen molar-refractivity contribution < 1.29 is 13.6 Å². The molecule has 100 valence electrons. The van der Waals surface area contributed by atoms with Gasteiger partial charge in [-0.3, -0.25) is 4.79 Å². The summed E-state index contributed by atoms with van der Waals surface area (Å²) in [4.78, 5) is 11.0. The van der Waals surface area contributed by atoms with Gasteiger partial charge in [0, 0.05) is 0 Å². The Morgan fingerprint density at radius 2 is 1.89 bits per heavy atom. The van der Waals surface area contributed by atoms with E-state index in [1.807, 2.05) is 33.9 Å². The van der Waals surface area contributed by atoms with E-state index < -0.39 is 14.1 Å². The van der Waals surface area contributed by atoms with Gasteiger partial charge < -0.3 is 4.43 Å². The van der Waals surface area contributed by atoms with Crippen molar-refractivity contribution in [3.63, 3.8) is 0 Å². The van der Waals surface area contributed by atoms with Gasteiger partial charge in [-0.25, -0.2) is 4.39 Å². The summed E-state index contributed by atoms with van der Waals surface area (Å²) in [6, 6.07) is 2.83. The minimum atomic E-state index is -2.21. The molecule has 0 atom stereocenters. The largest absolute Gasteiger partial charge is 0.541 e. The Labute approximate surface area is 113 Å². The van der Waals surface area contributed by atoms with Crippen LogP contribution < -0.4 is 4.43 Å². The van der Waals surface area contributed by atoms with Gasteiger partial charge >= 0.3 is 0 Å². The Hall–Kier alpha value is -0.873. The maximum absolute atomic E-state index is 14.0. The Bertz CT molecular complexity index is 467. The molecule has 0 heterocycles. The zero-order valence-electron chi connectivity index (χ0n) is 11.3. The van der Waals surface area contributed by atoms with Crippen molar-refractivity contribution in [1.82, 2.24) is 0 Å². The molecule has 1 rings (SSSR count). The van der Waals surface area contributed by atoms with E-state index in [4.69, 9.17) is 16.0 Å². The van der Waals surface area contributed by atoms with E-state index in [2.05, 4.69) is 0 Å². The molecule has 0 saturated heterocycles. The summed E-state index contributed by atoms with van der Waals surface area (Å²) in [5, 5.41) is -0.114. The quantitative estimate of drug-likeness (QED) is 0.596. The second kappa shape index (κ2) is 5.01. The molecule has 0 saturated carbocycles. The fourth-order valence-corrected chi connectivity index (χ4v) is 2.32. The van der Waals surface area contributed by atoms with E-state index in [0.29, 0.717) is 6.29 Å². The number of hydrogen-bond donors (Lipinski definition) is 0. The van der Waals surface area contributed by atoms with E-state index in [1.54, 1.807) is 0 Å². The molecular weight excluding hydrogens is 271 g/mol. The third-order valence-electron chi connectivity index (χ3n) is 3.37. The average Bonchev–Trinajstić information content (AvgIpc) is 2.23. The summed E-state index contributed by atoms with van der Waals surface area (Å²) in [6.45, 7) is 10.1. The summed E-state index contributed by atoms with van der Waals surface area (Å²) in [6.07, 6.45) is 0.585. The van der Waals surface area contributed by atoms with Crippen molar-refractivity contribution in [2.24, 2.45) is 0 Å². The van der Waals surface area contributed by atoms with Crippen LogP contribution in [0.2, 0.25) is 23.2 Å². The molecule has 0 spiro atoms. The minimum Gasteiger partial charge on any atom is -0.541 e. The number of carbonyl (C=O) groups excluding carboxylic acids is 1. The van der Waals surface area contributed by atoms with E-state index in [1.165, 1.54) is 12.1 Å². The Morgan fingerprint density at radius 1 is 1.33 bits per heavy atom. The lowest BCUT2D eigenvalue weighted by atomic mass is 10.2. The van der Waals surface area contributed by atoms with Gasteiger partial charge in [0.2, 0.25) is 0 Å². The van der Waals surface area contributed by atoms with E-state index in [-0.39, 0.29) is 21.4 Å². The zero-order valence-corrected chi connectivity index (χ0v) is 13.1. The second-order valence-electron chi connectivity index (χ2n) is 5.76. The van der Waals surface area contributed by atoms with E-state index in [9.17, 15) is 9.18 Å². The molecule has 0 aromatic heterocycles. The third kappa shape index (κ3) is 2.92. The van der Waals surface area contributed by atoms with Crippen LogP contribution in [0, 0.1) is 5.82 Å². The van der Waals surface area contributed by atoms with Gasteiger partial charge in [-0.1, -0.05) is 32.4 Å². The highest BCUT2D eigenvalue weighted by Crippen LogP contribution is 2.39. The number of hydrogen-bond acceptors (Lipinski definition) is 2. The first-order valence-electron chi connectivity index (χ1n) is 5.72. The predicted octanol–water partition coefficient (Wildman–Crippen LogP) is 4.68. The number of halogens is 2. The number of carbonyl (C=O) groups is 1. The smallest absolute Gasteiger partial charge is 0.250 e. The lowest BCUT2D eigenvalue weighted by molar-refractivity contribution is 0.112. The van der Waals surface area contributed by atoms with Gasteiger partial charge in [0.25, 0.3) is 8.32 Å². The Balaban J connectivity index is 3.26. The molecule has 2 nitrogen and oxygen atoms in total. The van der Waals surface area contributed by atoms with Crippen LogP contribution >= 0.6 is 11.6 Å². The molecule has 0 amide bonds. The highest BCUT2D eigenvalue weighted by atomic mass is 35.5. The summed E-state index contributed by atoms with van der Waals surface area (Å²) in [7, 11) is -2.21. The highest BCUT2D eigenvalue weighted by Gasteiger charge is 2.40. The molecule has 0 radical (unpaired) electrons. The Morgan fingerprint density at radius 3 is 2.33 bits per heavy atom. The van der Waals surface area contributed by atoms with Gasteiger partial charge in [-0.2, -0.15) is 0 Å². The molecule has 0 unspecified atom stereocenters. The SMILES string of the molecule is CC(C)(C)[Si](C)(C)Oc1c(C=O)ccc(Cl)c1F. The molecule has 5 heteroatoms. The molecule has 0 bridgehead atoms. The standard InChI is InChI=1S/C13H18ClFO2Si/c1-13(2,3)18(4,5)17-12-9(8-16)6-7-10(14)11(12)15/h6-8H,1-5H3. The van der Waals surface area contributed by atoms with Crippen LogP contribution in [0.4, 0.5) is 4.39 Å². The molecule has 1 aromatic rings. The van der Waals surface area contributed by atoms with Crippen LogP contribution in [0.1, 0.15) is 31.1 Å². The summed E-state index contributed by atoms with van der Waals surface area (Å²) in [5.41, 5.74) is 0.196. The monoisotopic (exact) mass is 288 g/mol. The normalized spacial score (nSPS) is 12.4. The molecule has 0 fully saturated rings. The highest BCUT2D eigenvalue weighted by molar-refractivity contribution is 6.74. The fourth-order valence-electron chi connectivity index (χ4n) is 1.15. The minimum absolute atomic E-state index is 0.0240. The van der Waals surface area contributed by atoms with Gasteiger partial charge in [0.15, 0.2) is 17.9 Å². The summed E-state index contributed by atoms with van der Waals surface area (Å²) >= 11 is 5.73. The second-order valence-corrected chi connectivity index (χ2v) is 10.9. The lowest BCUT2D eigenvalue weighted by Gasteiger charge is -2.36. The van der Waals surface area contributed by atoms with Gasteiger partial charge in [-0.15, -0.1) is 0 Å². The van der Waals surface area contributed by atoms with Crippen molar-refractivity contribution in [2.75, 3.05) is 0 Å². The summed E-state index contributed by atoms with van der Waals surface area (Å²) < 4.78 is 19.8. The zero-order chi connectivity index (χ0) is 14.1. The lowest BCUT2D eigenvalue weighted by Crippen LogP contribution is -2.44. The van der Waals surface area contributed by atoms with E-state index in [0.717, 1.165) is 0 Å². The fraction of sp³-hybridized carbons (Fsp3) is 0.462. The average molecular weight is 289 g/mol. The van der Waals surface area contributed by atoms with Crippen LogP contribution in [-0.4, -0.2) is 14.6 Å². The van der Waals surface area contributed by atoms with Crippen molar-refractivity contribution in [1.29, 1.82) is 0 Å². The molecular formula is C13H18ClFO2Si. The van der Waals surface area contributed by atoms with Crippen molar-refractivity contribution in [3.05, 3.63) is 28.5 Å². The maximum Gasteiger partial charge on any atom is 0.250 e. The van der Waals surface area contributed by atoms with Crippen molar-refractivity contribution in [3.8, 4) is 5.75 Å². The molecule has 0 aliphatic rings. The number of aldehydes is 1. The maximum atomic E-state index is 14.0. The van der Waals surface area contributed by atoms with Crippen molar-refractivity contribution in [2.45, 2.75) is 38.9 Å². The number of benzene rings is 1. The first-order chi connectivity index (χ1) is 8.10. The Kier molecular flexibility index (Phi) is 4.23. The third-order valence-corrected chi connectivity index (χ3v) is 7.99. The van der Waals surface area contributed by atoms with Crippen molar-refractivity contribution >= 4 is 26.2 Å². The molecule has 0 aliphatic carbocycles. The van der Waals surface area contributed by atoms with Gasteiger partial charge in [0.05, 0.1) is 10.6 Å². The summed E-state index contributed by atoms with van der Waals surface area (Å²) in [5.74, 6) is -0.685. The number of rotatable bonds is 3. The first-order valence-corrected chi connectivity index (χ1v) is 9.01. The first kappa shape index (κ1) is 15.2. The predicted molar refractivity (Wildman–Crippen MR) is 74.6 cm³/mol. The molecule has 1 aromatic carbocycles. The molecule has 0 N–H and O–H groups in total. The van der Waals surface area contributed by atoms with Crippen LogP contribution in [0.3, 0.4) is 0 Å². The van der Waals surface area contributed by atoms with Crippen LogP contribution in [-0.2, 0) is 0 Å². The van der Waals surface area contributed by atoms with Gasteiger partial charge in [0.1, 0.15) is 0 Å². The van der Waals surface area contributed by atoms with E-state index >= 15 is 0 Å². The van der Waals surface area contributed by atoms with Crippen LogP contribution in [0.15, 0.2) is 12.1 Å². The topological polar surface area (TPSA) is 26.3 Å². The van der Waals surface area contributed by atoms with Crippen LogP contribution in [0.25, 0.3) is 0 Å².